The van der Waals surface area contributed by atoms with E-state index in [0.29, 0.717) is 5.13 Å². The molecule has 26 heavy (non-hydrogen) atoms. The lowest BCUT2D eigenvalue weighted by Crippen LogP contribution is -2.39. The first kappa shape index (κ1) is 18.1. The van der Waals surface area contributed by atoms with Crippen LogP contribution in [0.15, 0.2) is 70.9 Å². The van der Waals surface area contributed by atoms with Crippen molar-refractivity contribution in [2.24, 2.45) is 0 Å². The number of carbonyl (C=O) groups excluding carboxylic acids is 1. The zero-order valence-electron chi connectivity index (χ0n) is 13.5. The molecule has 3 aromatic rings. The van der Waals surface area contributed by atoms with Crippen molar-refractivity contribution in [3.8, 4) is 11.3 Å². The molecule has 1 aromatic heterocycles. The summed E-state index contributed by atoms with van der Waals surface area (Å²) in [5.74, 6) is 0. The number of urea groups is 1. The third-order valence-electron chi connectivity index (χ3n) is 3.36. The van der Waals surface area contributed by atoms with Gasteiger partial charge < -0.3 is 5.32 Å². The summed E-state index contributed by atoms with van der Waals surface area (Å²) in [6.45, 7) is -0.236. The third kappa shape index (κ3) is 4.66. The van der Waals surface area contributed by atoms with Crippen molar-refractivity contribution in [1.82, 2.24) is 15.0 Å². The number of amides is 2. The molecule has 3 N–H and O–H groups in total. The maximum absolute atomic E-state index is 12.0. The molecule has 0 saturated carbocycles. The lowest BCUT2D eigenvalue weighted by Gasteiger charge is -2.08. The summed E-state index contributed by atoms with van der Waals surface area (Å²) in [6, 6.07) is 17.0. The quantitative estimate of drug-likeness (QED) is 0.565. The van der Waals surface area contributed by atoms with Crippen LogP contribution in [0.1, 0.15) is 0 Å². The van der Waals surface area contributed by atoms with E-state index >= 15 is 0 Å². The molecule has 3 rings (SSSR count). The van der Waals surface area contributed by atoms with Crippen molar-refractivity contribution < 1.29 is 13.2 Å². The van der Waals surface area contributed by atoms with E-state index in [4.69, 9.17) is 0 Å². The molecule has 2 aromatic carbocycles. The molecular formula is C17H16N4O3S2. The van der Waals surface area contributed by atoms with Crippen molar-refractivity contribution in [1.29, 1.82) is 0 Å². The molecule has 0 aliphatic rings. The Hall–Kier alpha value is -2.75. The molecule has 0 saturated heterocycles. The minimum Gasteiger partial charge on any atom is -0.324 e. The van der Waals surface area contributed by atoms with Crippen molar-refractivity contribution in [2.45, 2.75) is 4.90 Å². The first-order valence-electron chi connectivity index (χ1n) is 7.65. The number of hydrogen-bond donors (Lipinski definition) is 3. The minimum atomic E-state index is -3.67. The van der Waals surface area contributed by atoms with Crippen LogP contribution in [0.25, 0.3) is 11.3 Å². The van der Waals surface area contributed by atoms with Gasteiger partial charge in [0.05, 0.1) is 17.3 Å². The van der Waals surface area contributed by atoms with Crippen molar-refractivity contribution in [3.05, 3.63) is 66.0 Å². The molecule has 134 valence electrons. The zero-order chi connectivity index (χ0) is 18.4. The van der Waals surface area contributed by atoms with E-state index in [9.17, 15) is 13.2 Å². The van der Waals surface area contributed by atoms with Gasteiger partial charge in [-0.15, -0.1) is 11.3 Å². The van der Waals surface area contributed by atoms with Gasteiger partial charge in [-0.3, -0.25) is 5.32 Å². The minimum absolute atomic E-state index is 0.134. The predicted octanol–water partition coefficient (Wildman–Crippen LogP) is 2.87. The Balaban J connectivity index is 1.51. The van der Waals surface area contributed by atoms with Crippen molar-refractivity contribution >= 4 is 32.5 Å². The molecule has 1 heterocycles. The fraction of sp³-hybridized carbons (Fsp3) is 0.0588. The first-order valence-corrected chi connectivity index (χ1v) is 10.0. The number of sulfonamides is 1. The highest BCUT2D eigenvalue weighted by Crippen LogP contribution is 2.24. The lowest BCUT2D eigenvalue weighted by molar-refractivity contribution is 0.252. The standard InChI is InChI=1S/C17H16N4O3S2/c22-16(18-12-19-26(23,24)14-9-5-2-6-10-14)21-17-20-15(11-25-17)13-7-3-1-4-8-13/h1-11,19H,12H2,(H2,18,20,21,22). The fourth-order valence-corrected chi connectivity index (χ4v) is 3.77. The number of aromatic nitrogens is 1. The Morgan fingerprint density at radius 2 is 1.65 bits per heavy atom. The molecular weight excluding hydrogens is 372 g/mol. The number of anilines is 1. The van der Waals surface area contributed by atoms with Gasteiger partial charge in [-0.05, 0) is 12.1 Å². The molecule has 7 nitrogen and oxygen atoms in total. The molecule has 0 radical (unpaired) electrons. The molecule has 2 amide bonds. The smallest absolute Gasteiger partial charge is 0.322 e. The van der Waals surface area contributed by atoms with Gasteiger partial charge >= 0.3 is 6.03 Å². The molecule has 0 aliphatic carbocycles. The van der Waals surface area contributed by atoms with Gasteiger partial charge in [0.1, 0.15) is 0 Å². The number of nitrogens with zero attached hydrogens (tertiary/aromatic N) is 1. The number of carbonyl (C=O) groups is 1. The monoisotopic (exact) mass is 388 g/mol. The van der Waals surface area contributed by atoms with E-state index in [2.05, 4.69) is 20.3 Å². The summed E-state index contributed by atoms with van der Waals surface area (Å²) < 4.78 is 26.4. The second kappa shape index (κ2) is 8.09. The second-order valence-corrected chi connectivity index (χ2v) is 7.80. The Bertz CT molecular complexity index is 974. The van der Waals surface area contributed by atoms with Crippen LogP contribution < -0.4 is 15.4 Å². The predicted molar refractivity (Wildman–Crippen MR) is 101 cm³/mol. The van der Waals surface area contributed by atoms with E-state index in [1.54, 1.807) is 18.2 Å². The van der Waals surface area contributed by atoms with Gasteiger partial charge in [0.2, 0.25) is 10.0 Å². The van der Waals surface area contributed by atoms with E-state index in [0.717, 1.165) is 11.3 Å². The summed E-state index contributed by atoms with van der Waals surface area (Å²) in [7, 11) is -3.67. The summed E-state index contributed by atoms with van der Waals surface area (Å²) in [4.78, 5) is 16.4. The van der Waals surface area contributed by atoms with E-state index in [-0.39, 0.29) is 11.6 Å². The Kier molecular flexibility index (Phi) is 5.61. The Labute approximate surface area is 155 Å². The van der Waals surface area contributed by atoms with Crippen molar-refractivity contribution in [3.63, 3.8) is 0 Å². The van der Waals surface area contributed by atoms with E-state index in [1.807, 2.05) is 35.7 Å². The van der Waals surface area contributed by atoms with Gasteiger partial charge in [0.25, 0.3) is 0 Å². The highest BCUT2D eigenvalue weighted by molar-refractivity contribution is 7.89. The molecule has 0 unspecified atom stereocenters. The SMILES string of the molecule is O=C(NCNS(=O)(=O)c1ccccc1)Nc1nc(-c2ccccc2)cs1. The van der Waals surface area contributed by atoms with Crippen LogP contribution in [0.3, 0.4) is 0 Å². The zero-order valence-corrected chi connectivity index (χ0v) is 15.2. The number of thiazole rings is 1. The van der Waals surface area contributed by atoms with Gasteiger partial charge in [0.15, 0.2) is 5.13 Å². The fourth-order valence-electron chi connectivity index (χ4n) is 2.11. The molecule has 9 heteroatoms. The topological polar surface area (TPSA) is 100 Å². The van der Waals surface area contributed by atoms with Crippen LogP contribution >= 0.6 is 11.3 Å². The Morgan fingerprint density at radius 3 is 2.35 bits per heavy atom. The van der Waals surface area contributed by atoms with Crippen LogP contribution in [0.4, 0.5) is 9.93 Å². The Morgan fingerprint density at radius 1 is 1.00 bits per heavy atom. The highest BCUT2D eigenvalue weighted by atomic mass is 32.2. The normalized spacial score (nSPS) is 11.1. The molecule has 0 spiro atoms. The number of hydrogen-bond acceptors (Lipinski definition) is 5. The largest absolute Gasteiger partial charge is 0.324 e. The van der Waals surface area contributed by atoms with Crippen LogP contribution in [-0.2, 0) is 10.0 Å². The third-order valence-corrected chi connectivity index (χ3v) is 5.53. The maximum atomic E-state index is 12.0. The number of nitrogens with one attached hydrogen (secondary N) is 3. The second-order valence-electron chi connectivity index (χ2n) is 5.17. The average Bonchev–Trinajstić information content (AvgIpc) is 3.11. The van der Waals surface area contributed by atoms with Crippen LogP contribution in [0.2, 0.25) is 0 Å². The summed E-state index contributed by atoms with van der Waals surface area (Å²) in [5.41, 5.74) is 1.71. The lowest BCUT2D eigenvalue weighted by atomic mass is 10.2. The molecule has 0 aliphatic heterocycles. The highest BCUT2D eigenvalue weighted by Gasteiger charge is 2.13. The van der Waals surface area contributed by atoms with Gasteiger partial charge in [0, 0.05) is 10.9 Å². The van der Waals surface area contributed by atoms with E-state index in [1.165, 1.54) is 23.5 Å². The number of benzene rings is 2. The van der Waals surface area contributed by atoms with Crippen molar-refractivity contribution in [2.75, 3.05) is 12.0 Å². The summed E-state index contributed by atoms with van der Waals surface area (Å²) in [5, 5.41) is 7.27. The van der Waals surface area contributed by atoms with Gasteiger partial charge in [-0.1, -0.05) is 48.5 Å². The maximum Gasteiger partial charge on any atom is 0.322 e. The first-order chi connectivity index (χ1) is 12.5. The summed E-state index contributed by atoms with van der Waals surface area (Å²) in [6.07, 6.45) is 0. The van der Waals surface area contributed by atoms with E-state index < -0.39 is 16.1 Å². The van der Waals surface area contributed by atoms with Crippen LogP contribution in [0.5, 0.6) is 0 Å². The van der Waals surface area contributed by atoms with Crippen LogP contribution in [-0.4, -0.2) is 26.1 Å². The van der Waals surface area contributed by atoms with Crippen LogP contribution in [0, 0.1) is 0 Å². The van der Waals surface area contributed by atoms with Gasteiger partial charge in [-0.25, -0.2) is 18.2 Å². The molecule has 0 fully saturated rings. The summed E-state index contributed by atoms with van der Waals surface area (Å²) >= 11 is 1.29. The van der Waals surface area contributed by atoms with Gasteiger partial charge in [-0.2, -0.15) is 4.72 Å². The average molecular weight is 388 g/mol. The molecule has 0 bridgehead atoms. The number of rotatable bonds is 6. The molecule has 0 atom stereocenters.